The molecule has 1 aliphatic carbocycles. The molecule has 0 bridgehead atoms. The first-order chi connectivity index (χ1) is 11.1. The zero-order valence-corrected chi connectivity index (χ0v) is 12.8. The van der Waals surface area contributed by atoms with Crippen LogP contribution in [0.4, 0.5) is 13.2 Å². The van der Waals surface area contributed by atoms with Crippen LogP contribution in [0.3, 0.4) is 0 Å². The van der Waals surface area contributed by atoms with E-state index >= 15 is 4.39 Å². The quantitative estimate of drug-likeness (QED) is 0.678. The molecule has 0 amide bonds. The second-order valence-corrected chi connectivity index (χ2v) is 5.67. The molecule has 1 unspecified atom stereocenters. The summed E-state index contributed by atoms with van der Waals surface area (Å²) in [6, 6.07) is 11.2. The first-order valence-electron chi connectivity index (χ1n) is 7.66. The van der Waals surface area contributed by atoms with Gasteiger partial charge in [0.15, 0.2) is 17.3 Å². The molecule has 0 saturated heterocycles. The SMILES string of the molecule is CCc1cccc(C2=CC=CCC2(F)c2cccc(F)c2F)c1. The first kappa shape index (κ1) is 15.6. The lowest BCUT2D eigenvalue weighted by Crippen LogP contribution is -2.25. The van der Waals surface area contributed by atoms with Gasteiger partial charge in [0.1, 0.15) is 0 Å². The van der Waals surface area contributed by atoms with Crippen molar-refractivity contribution in [2.75, 3.05) is 0 Å². The number of hydrogen-bond acceptors (Lipinski definition) is 0. The van der Waals surface area contributed by atoms with Crippen LogP contribution >= 0.6 is 0 Å². The van der Waals surface area contributed by atoms with Crippen LogP contribution < -0.4 is 0 Å². The molecule has 0 N–H and O–H groups in total. The van der Waals surface area contributed by atoms with Gasteiger partial charge < -0.3 is 0 Å². The second-order valence-electron chi connectivity index (χ2n) is 5.67. The van der Waals surface area contributed by atoms with E-state index in [0.29, 0.717) is 11.1 Å². The van der Waals surface area contributed by atoms with Crippen molar-refractivity contribution in [3.05, 3.63) is 89.0 Å². The van der Waals surface area contributed by atoms with Crippen molar-refractivity contribution in [1.82, 2.24) is 0 Å². The molecule has 0 saturated carbocycles. The standard InChI is InChI=1S/C20H17F3/c1-2-14-7-5-8-15(13-14)16-9-3-4-12-20(16,23)17-10-6-11-18(21)19(17)22/h3-11,13H,2,12H2,1H3. The normalized spacial score (nSPS) is 20.4. The van der Waals surface area contributed by atoms with Crippen LogP contribution in [0.5, 0.6) is 0 Å². The molecule has 3 heteroatoms. The van der Waals surface area contributed by atoms with Gasteiger partial charge in [-0.2, -0.15) is 0 Å². The van der Waals surface area contributed by atoms with Crippen molar-refractivity contribution in [1.29, 1.82) is 0 Å². The van der Waals surface area contributed by atoms with Gasteiger partial charge in [-0.25, -0.2) is 13.2 Å². The summed E-state index contributed by atoms with van der Waals surface area (Å²) in [6.07, 6.45) is 5.84. The number of rotatable bonds is 3. The predicted octanol–water partition coefficient (Wildman–Crippen LogP) is 5.74. The van der Waals surface area contributed by atoms with Crippen LogP contribution in [0, 0.1) is 11.6 Å². The maximum atomic E-state index is 15.8. The number of halogens is 3. The Morgan fingerprint density at radius 2 is 1.87 bits per heavy atom. The van der Waals surface area contributed by atoms with Crippen LogP contribution in [-0.2, 0) is 12.1 Å². The van der Waals surface area contributed by atoms with Crippen LogP contribution in [0.1, 0.15) is 30.0 Å². The molecule has 0 nitrogen and oxygen atoms in total. The van der Waals surface area contributed by atoms with Gasteiger partial charge in [-0.05, 0) is 23.6 Å². The molecule has 0 spiro atoms. The average Bonchev–Trinajstić information content (AvgIpc) is 2.57. The second kappa shape index (κ2) is 6.07. The highest BCUT2D eigenvalue weighted by Gasteiger charge is 2.40. The van der Waals surface area contributed by atoms with Gasteiger partial charge >= 0.3 is 0 Å². The predicted molar refractivity (Wildman–Crippen MR) is 86.7 cm³/mol. The van der Waals surface area contributed by atoms with Crippen LogP contribution in [0.25, 0.3) is 5.57 Å². The Balaban J connectivity index is 2.15. The summed E-state index contributed by atoms with van der Waals surface area (Å²) in [5.74, 6) is -2.15. The molecule has 3 rings (SSSR count). The van der Waals surface area contributed by atoms with Crippen LogP contribution in [0.2, 0.25) is 0 Å². The van der Waals surface area contributed by atoms with E-state index in [4.69, 9.17) is 0 Å². The van der Waals surface area contributed by atoms with E-state index in [9.17, 15) is 8.78 Å². The van der Waals surface area contributed by atoms with E-state index in [-0.39, 0.29) is 12.0 Å². The van der Waals surface area contributed by atoms with E-state index in [1.807, 2.05) is 25.1 Å². The third kappa shape index (κ3) is 2.72. The van der Waals surface area contributed by atoms with E-state index < -0.39 is 17.3 Å². The molecule has 1 aliphatic rings. The van der Waals surface area contributed by atoms with E-state index in [2.05, 4.69) is 0 Å². The number of alkyl halides is 1. The third-order valence-electron chi connectivity index (χ3n) is 4.25. The average molecular weight is 314 g/mol. The van der Waals surface area contributed by atoms with Gasteiger partial charge in [-0.1, -0.05) is 61.5 Å². The Morgan fingerprint density at radius 1 is 1.09 bits per heavy atom. The summed E-state index contributed by atoms with van der Waals surface area (Å²) in [7, 11) is 0. The lowest BCUT2D eigenvalue weighted by Gasteiger charge is -2.30. The largest absolute Gasteiger partial charge is 0.233 e. The van der Waals surface area contributed by atoms with Crippen molar-refractivity contribution >= 4 is 5.57 Å². The smallest absolute Gasteiger partial charge is 0.167 e. The van der Waals surface area contributed by atoms with Crippen LogP contribution in [-0.4, -0.2) is 0 Å². The molecule has 2 aromatic carbocycles. The molecule has 0 heterocycles. The summed E-state index contributed by atoms with van der Waals surface area (Å²) in [6.45, 7) is 2.02. The first-order valence-corrected chi connectivity index (χ1v) is 7.66. The van der Waals surface area contributed by atoms with Gasteiger partial charge in [0.05, 0.1) is 0 Å². The Bertz CT molecular complexity index is 789. The summed E-state index contributed by atoms with van der Waals surface area (Å²) in [5.41, 5.74) is -0.206. The maximum Gasteiger partial charge on any atom is 0.167 e. The van der Waals surface area contributed by atoms with E-state index in [0.717, 1.165) is 18.1 Å². The number of allylic oxidation sites excluding steroid dienone is 4. The van der Waals surface area contributed by atoms with Crippen LogP contribution in [0.15, 0.2) is 60.7 Å². The van der Waals surface area contributed by atoms with E-state index in [1.165, 1.54) is 12.1 Å². The molecule has 23 heavy (non-hydrogen) atoms. The van der Waals surface area contributed by atoms with Crippen molar-refractivity contribution in [2.24, 2.45) is 0 Å². The van der Waals surface area contributed by atoms with Crippen molar-refractivity contribution in [3.8, 4) is 0 Å². The monoisotopic (exact) mass is 314 g/mol. The Morgan fingerprint density at radius 3 is 2.65 bits per heavy atom. The van der Waals surface area contributed by atoms with Gasteiger partial charge in [0.2, 0.25) is 0 Å². The minimum absolute atomic E-state index is 0.0183. The lowest BCUT2D eigenvalue weighted by atomic mass is 9.78. The highest BCUT2D eigenvalue weighted by molar-refractivity contribution is 5.77. The molecule has 2 aromatic rings. The highest BCUT2D eigenvalue weighted by atomic mass is 19.2. The summed E-state index contributed by atoms with van der Waals surface area (Å²) in [4.78, 5) is 0. The van der Waals surface area contributed by atoms with Crippen molar-refractivity contribution < 1.29 is 13.2 Å². The number of aryl methyl sites for hydroxylation is 1. The summed E-state index contributed by atoms with van der Waals surface area (Å²) >= 11 is 0. The molecule has 0 radical (unpaired) electrons. The number of hydrogen-bond donors (Lipinski definition) is 0. The Labute approximate surface area is 134 Å². The fourth-order valence-electron chi connectivity index (χ4n) is 2.99. The highest BCUT2D eigenvalue weighted by Crippen LogP contribution is 2.46. The fraction of sp³-hybridized carbons (Fsp3) is 0.200. The Kier molecular flexibility index (Phi) is 4.12. The zero-order valence-electron chi connectivity index (χ0n) is 12.8. The topological polar surface area (TPSA) is 0 Å². The lowest BCUT2D eigenvalue weighted by molar-refractivity contribution is 0.239. The van der Waals surface area contributed by atoms with Crippen molar-refractivity contribution in [2.45, 2.75) is 25.4 Å². The molecular formula is C20H17F3. The van der Waals surface area contributed by atoms with Gasteiger partial charge in [-0.3, -0.25) is 0 Å². The molecule has 1 atom stereocenters. The van der Waals surface area contributed by atoms with Gasteiger partial charge in [0.25, 0.3) is 0 Å². The Hall–Kier alpha value is -2.29. The molecule has 0 aliphatic heterocycles. The minimum Gasteiger partial charge on any atom is -0.233 e. The van der Waals surface area contributed by atoms with E-state index in [1.54, 1.807) is 24.3 Å². The minimum atomic E-state index is -2.08. The molecular weight excluding hydrogens is 297 g/mol. The van der Waals surface area contributed by atoms with Gasteiger partial charge in [0, 0.05) is 17.6 Å². The number of benzene rings is 2. The zero-order chi connectivity index (χ0) is 16.4. The third-order valence-corrected chi connectivity index (χ3v) is 4.25. The maximum absolute atomic E-state index is 15.8. The summed E-state index contributed by atoms with van der Waals surface area (Å²) < 4.78 is 43.6. The molecule has 0 fully saturated rings. The van der Waals surface area contributed by atoms with Crippen molar-refractivity contribution in [3.63, 3.8) is 0 Å². The fourth-order valence-corrected chi connectivity index (χ4v) is 2.99. The van der Waals surface area contributed by atoms with Gasteiger partial charge in [-0.15, -0.1) is 0 Å². The summed E-state index contributed by atoms with van der Waals surface area (Å²) in [5, 5.41) is 0. The molecule has 118 valence electrons. The molecule has 0 aromatic heterocycles.